The van der Waals surface area contributed by atoms with Gasteiger partial charge >= 0.3 is 0 Å². The van der Waals surface area contributed by atoms with E-state index >= 15 is 0 Å². The van der Waals surface area contributed by atoms with Crippen LogP contribution < -0.4 is 0 Å². The molecule has 3 aliphatic heterocycles. The van der Waals surface area contributed by atoms with Gasteiger partial charge in [0.05, 0.1) is 10.8 Å². The molecule has 3 fully saturated rings. The predicted molar refractivity (Wildman–Crippen MR) is 58.7 cm³/mol. The standard InChI is InChI=1S/C11H19O3P/c1-5-6-11-7-8(2)13-14-9(11,3)12-10(11,4)15-8/h15H,5-7H2,1-4H3/t8?,9?,10?,11-/m0/s1. The van der Waals surface area contributed by atoms with Gasteiger partial charge in [-0.3, -0.25) is 0 Å². The highest BCUT2D eigenvalue weighted by Crippen LogP contribution is 2.80. The molecule has 3 aliphatic rings. The van der Waals surface area contributed by atoms with Crippen LogP contribution >= 0.6 is 8.58 Å². The molecule has 2 bridgehead atoms. The number of hydrogen-bond acceptors (Lipinski definition) is 3. The molecular formula is C11H19O3P. The summed E-state index contributed by atoms with van der Waals surface area (Å²) in [5, 5.41) is -0.122. The molecule has 86 valence electrons. The second-order valence-corrected chi connectivity index (χ2v) is 7.87. The molecule has 15 heavy (non-hydrogen) atoms. The molecule has 3 saturated heterocycles. The maximum absolute atomic E-state index is 6.02. The molecule has 3 rings (SSSR count). The van der Waals surface area contributed by atoms with Gasteiger partial charge in [0.15, 0.2) is 0 Å². The Kier molecular flexibility index (Phi) is 1.80. The monoisotopic (exact) mass is 230 g/mol. The molecule has 3 heterocycles. The minimum absolute atomic E-state index is 0.0109. The number of fused-ring (bicyclic) bond motifs is 1. The molecule has 0 aliphatic carbocycles. The van der Waals surface area contributed by atoms with Gasteiger partial charge in [-0.05, 0) is 42.2 Å². The van der Waals surface area contributed by atoms with E-state index in [1.807, 2.05) is 6.92 Å². The van der Waals surface area contributed by atoms with Crippen molar-refractivity contribution >= 4 is 8.58 Å². The van der Waals surface area contributed by atoms with Crippen LogP contribution in [0.15, 0.2) is 0 Å². The fraction of sp³-hybridized carbons (Fsp3) is 1.00. The Morgan fingerprint density at radius 3 is 2.60 bits per heavy atom. The molecule has 0 saturated carbocycles. The molecule has 0 amide bonds. The van der Waals surface area contributed by atoms with Gasteiger partial charge in [-0.2, -0.15) is 4.89 Å². The lowest BCUT2D eigenvalue weighted by Gasteiger charge is -2.64. The van der Waals surface area contributed by atoms with Gasteiger partial charge in [-0.25, -0.2) is 4.89 Å². The quantitative estimate of drug-likeness (QED) is 0.539. The molecule has 0 spiro atoms. The van der Waals surface area contributed by atoms with Crippen LogP contribution in [0.2, 0.25) is 0 Å². The van der Waals surface area contributed by atoms with E-state index in [1.54, 1.807) is 0 Å². The highest BCUT2D eigenvalue weighted by Gasteiger charge is 2.81. The number of hydrogen-bond donors (Lipinski definition) is 0. The Morgan fingerprint density at radius 1 is 1.20 bits per heavy atom. The summed E-state index contributed by atoms with van der Waals surface area (Å²) >= 11 is 0. The van der Waals surface area contributed by atoms with Crippen molar-refractivity contribution in [3.8, 4) is 0 Å². The van der Waals surface area contributed by atoms with Crippen molar-refractivity contribution in [1.82, 2.24) is 0 Å². The summed E-state index contributed by atoms with van der Waals surface area (Å²) in [6.07, 6.45) is 3.43. The lowest BCUT2D eigenvalue weighted by molar-refractivity contribution is -0.561. The topological polar surface area (TPSA) is 27.7 Å². The third-order valence-corrected chi connectivity index (χ3v) is 6.23. The van der Waals surface area contributed by atoms with Crippen molar-refractivity contribution in [2.75, 3.05) is 0 Å². The van der Waals surface area contributed by atoms with Crippen molar-refractivity contribution in [2.24, 2.45) is 5.41 Å². The molecule has 0 aromatic heterocycles. The van der Waals surface area contributed by atoms with Crippen LogP contribution in [0.3, 0.4) is 0 Å². The van der Waals surface area contributed by atoms with Gasteiger partial charge in [0.25, 0.3) is 0 Å². The minimum Gasteiger partial charge on any atom is -0.335 e. The first-order chi connectivity index (χ1) is 6.89. The first-order valence-electron chi connectivity index (χ1n) is 5.75. The van der Waals surface area contributed by atoms with Gasteiger partial charge in [0.2, 0.25) is 5.79 Å². The third kappa shape index (κ3) is 0.969. The molecule has 0 radical (unpaired) electrons. The number of rotatable bonds is 2. The van der Waals surface area contributed by atoms with Crippen LogP contribution in [0.25, 0.3) is 0 Å². The van der Waals surface area contributed by atoms with E-state index in [2.05, 4.69) is 20.8 Å². The Labute approximate surface area is 92.6 Å². The summed E-state index contributed by atoms with van der Waals surface area (Å²) in [5.74, 6) is -0.499. The van der Waals surface area contributed by atoms with Crippen molar-refractivity contribution in [1.29, 1.82) is 0 Å². The molecule has 4 unspecified atom stereocenters. The van der Waals surface area contributed by atoms with Crippen LogP contribution in [-0.2, 0) is 14.5 Å². The van der Waals surface area contributed by atoms with Gasteiger partial charge in [0.1, 0.15) is 5.34 Å². The van der Waals surface area contributed by atoms with Crippen LogP contribution in [0, 0.1) is 5.41 Å². The van der Waals surface area contributed by atoms with E-state index in [1.165, 1.54) is 12.8 Å². The molecule has 0 N–H and O–H groups in total. The Bertz CT molecular complexity index is 323. The van der Waals surface area contributed by atoms with Gasteiger partial charge < -0.3 is 4.74 Å². The van der Waals surface area contributed by atoms with Crippen molar-refractivity contribution in [3.63, 3.8) is 0 Å². The molecule has 5 atom stereocenters. The van der Waals surface area contributed by atoms with Gasteiger partial charge in [-0.1, -0.05) is 13.3 Å². The highest BCUT2D eigenvalue weighted by molar-refractivity contribution is 7.42. The molecule has 3 nitrogen and oxygen atoms in total. The first kappa shape index (κ1) is 10.5. The van der Waals surface area contributed by atoms with Gasteiger partial charge in [0, 0.05) is 0 Å². The van der Waals surface area contributed by atoms with Crippen LogP contribution in [-0.4, -0.2) is 16.5 Å². The zero-order chi connectivity index (χ0) is 10.9. The van der Waals surface area contributed by atoms with Crippen molar-refractivity contribution in [3.05, 3.63) is 0 Å². The first-order valence-corrected chi connectivity index (χ1v) is 6.75. The average Bonchev–Trinajstić information content (AvgIpc) is 2.20. The zero-order valence-electron chi connectivity index (χ0n) is 9.85. The average molecular weight is 230 g/mol. The normalized spacial score (nSPS) is 63.2. The molecule has 0 aromatic carbocycles. The van der Waals surface area contributed by atoms with Crippen LogP contribution in [0.4, 0.5) is 0 Å². The summed E-state index contributed by atoms with van der Waals surface area (Å²) in [6.45, 7) is 8.64. The Hall–Kier alpha value is 0.310. The lowest BCUT2D eigenvalue weighted by atomic mass is 9.63. The SMILES string of the molecule is CCC[C@]12CC3(C)OOC1(C)OC2(C)P3. The van der Waals surface area contributed by atoms with E-state index in [0.717, 1.165) is 6.42 Å². The van der Waals surface area contributed by atoms with E-state index in [0.29, 0.717) is 8.58 Å². The van der Waals surface area contributed by atoms with Gasteiger partial charge in [-0.15, -0.1) is 0 Å². The maximum Gasteiger partial charge on any atom is 0.208 e. The number of ether oxygens (including phenoxy) is 1. The summed E-state index contributed by atoms with van der Waals surface area (Å²) in [5.41, 5.74) is 0.181. The molecule has 0 aromatic rings. The highest BCUT2D eigenvalue weighted by atomic mass is 31.1. The largest absolute Gasteiger partial charge is 0.335 e. The minimum atomic E-state index is -0.499. The molecule has 4 heteroatoms. The predicted octanol–water partition coefficient (Wildman–Crippen LogP) is 3.00. The zero-order valence-corrected chi connectivity index (χ0v) is 10.8. The van der Waals surface area contributed by atoms with Crippen LogP contribution in [0.5, 0.6) is 0 Å². The maximum atomic E-state index is 6.02. The Morgan fingerprint density at radius 2 is 1.93 bits per heavy atom. The second-order valence-electron chi connectivity index (χ2n) is 5.61. The van der Waals surface area contributed by atoms with E-state index in [4.69, 9.17) is 14.5 Å². The summed E-state index contributed by atoms with van der Waals surface area (Å²) < 4.78 is 6.02. The summed E-state index contributed by atoms with van der Waals surface area (Å²) in [4.78, 5) is 11.1. The summed E-state index contributed by atoms with van der Waals surface area (Å²) in [7, 11) is 0.680. The Balaban J connectivity index is 2.05. The van der Waals surface area contributed by atoms with E-state index < -0.39 is 5.79 Å². The fourth-order valence-electron chi connectivity index (χ4n) is 3.87. The second kappa shape index (κ2) is 2.59. The van der Waals surface area contributed by atoms with Crippen LogP contribution in [0.1, 0.15) is 47.0 Å². The third-order valence-electron chi connectivity index (χ3n) is 4.38. The van der Waals surface area contributed by atoms with E-state index in [-0.39, 0.29) is 16.1 Å². The smallest absolute Gasteiger partial charge is 0.208 e. The lowest BCUT2D eigenvalue weighted by Crippen LogP contribution is -2.72. The molecular weight excluding hydrogens is 211 g/mol. The van der Waals surface area contributed by atoms with Crippen molar-refractivity contribution in [2.45, 2.75) is 63.4 Å². The summed E-state index contributed by atoms with van der Waals surface area (Å²) in [6, 6.07) is 0. The fourth-order valence-corrected chi connectivity index (χ4v) is 6.28. The van der Waals surface area contributed by atoms with E-state index in [9.17, 15) is 0 Å². The van der Waals surface area contributed by atoms with Crippen molar-refractivity contribution < 1.29 is 14.5 Å².